The predicted molar refractivity (Wildman–Crippen MR) is 79.4 cm³/mol. The standard InChI is InChI=1S/C14H14FIN2/c15-11-3-1-2-10(8-11)14(18)13(17)9-4-6-12(16)7-5-9/h1-8,13-14H,17-18H2. The average Bonchev–Trinajstić information content (AvgIpc) is 2.38. The molecular weight excluding hydrogens is 342 g/mol. The van der Waals surface area contributed by atoms with Crippen molar-refractivity contribution in [2.24, 2.45) is 11.5 Å². The van der Waals surface area contributed by atoms with Gasteiger partial charge in [-0.1, -0.05) is 24.3 Å². The molecule has 4 heteroatoms. The van der Waals surface area contributed by atoms with E-state index in [0.29, 0.717) is 5.56 Å². The van der Waals surface area contributed by atoms with E-state index >= 15 is 0 Å². The number of hydrogen-bond donors (Lipinski definition) is 2. The number of hydrogen-bond acceptors (Lipinski definition) is 2. The van der Waals surface area contributed by atoms with Gasteiger partial charge >= 0.3 is 0 Å². The van der Waals surface area contributed by atoms with Crippen molar-refractivity contribution in [2.45, 2.75) is 12.1 Å². The molecule has 0 saturated heterocycles. The van der Waals surface area contributed by atoms with Crippen LogP contribution in [0.5, 0.6) is 0 Å². The van der Waals surface area contributed by atoms with E-state index in [1.807, 2.05) is 24.3 Å². The molecule has 0 aliphatic carbocycles. The SMILES string of the molecule is NC(c1ccc(I)cc1)C(N)c1cccc(F)c1. The Morgan fingerprint density at radius 1 is 0.889 bits per heavy atom. The van der Waals surface area contributed by atoms with Crippen LogP contribution in [0.4, 0.5) is 4.39 Å². The highest BCUT2D eigenvalue weighted by Crippen LogP contribution is 2.25. The molecule has 0 radical (unpaired) electrons. The molecule has 2 unspecified atom stereocenters. The second-order valence-electron chi connectivity index (χ2n) is 4.16. The molecule has 2 aromatic carbocycles. The van der Waals surface area contributed by atoms with E-state index in [1.54, 1.807) is 12.1 Å². The fourth-order valence-electron chi connectivity index (χ4n) is 1.81. The van der Waals surface area contributed by atoms with Gasteiger partial charge in [0, 0.05) is 15.7 Å². The maximum Gasteiger partial charge on any atom is 0.123 e. The summed E-state index contributed by atoms with van der Waals surface area (Å²) in [5.41, 5.74) is 13.9. The maximum absolute atomic E-state index is 13.1. The highest BCUT2D eigenvalue weighted by molar-refractivity contribution is 14.1. The zero-order valence-electron chi connectivity index (χ0n) is 9.68. The number of benzene rings is 2. The molecule has 0 amide bonds. The molecule has 2 aromatic rings. The molecule has 0 aromatic heterocycles. The van der Waals surface area contributed by atoms with E-state index in [0.717, 1.165) is 9.13 Å². The summed E-state index contributed by atoms with van der Waals surface area (Å²) in [5, 5.41) is 0. The molecule has 0 bridgehead atoms. The van der Waals surface area contributed by atoms with Crippen molar-refractivity contribution in [3.8, 4) is 0 Å². The Labute approximate surface area is 119 Å². The van der Waals surface area contributed by atoms with Crippen LogP contribution in [0.3, 0.4) is 0 Å². The molecule has 0 aliphatic rings. The first-order chi connectivity index (χ1) is 8.58. The van der Waals surface area contributed by atoms with Crippen LogP contribution >= 0.6 is 22.6 Å². The fourth-order valence-corrected chi connectivity index (χ4v) is 2.17. The Hall–Kier alpha value is -0.980. The van der Waals surface area contributed by atoms with Crippen LogP contribution in [0.2, 0.25) is 0 Å². The van der Waals surface area contributed by atoms with Crippen molar-refractivity contribution in [1.29, 1.82) is 0 Å². The van der Waals surface area contributed by atoms with Crippen molar-refractivity contribution in [2.75, 3.05) is 0 Å². The van der Waals surface area contributed by atoms with Gasteiger partial charge in [0.15, 0.2) is 0 Å². The molecule has 0 saturated carbocycles. The average molecular weight is 356 g/mol. The largest absolute Gasteiger partial charge is 0.322 e. The first kappa shape index (κ1) is 13.5. The Bertz CT molecular complexity index is 528. The summed E-state index contributed by atoms with van der Waals surface area (Å²) in [7, 11) is 0. The normalized spacial score (nSPS) is 14.2. The second-order valence-corrected chi connectivity index (χ2v) is 5.40. The maximum atomic E-state index is 13.1. The van der Waals surface area contributed by atoms with E-state index in [1.165, 1.54) is 12.1 Å². The highest BCUT2D eigenvalue weighted by Gasteiger charge is 2.17. The van der Waals surface area contributed by atoms with Gasteiger partial charge in [-0.25, -0.2) is 4.39 Å². The van der Waals surface area contributed by atoms with E-state index in [2.05, 4.69) is 22.6 Å². The number of rotatable bonds is 3. The fraction of sp³-hybridized carbons (Fsp3) is 0.143. The zero-order chi connectivity index (χ0) is 13.1. The monoisotopic (exact) mass is 356 g/mol. The molecule has 0 spiro atoms. The molecule has 94 valence electrons. The van der Waals surface area contributed by atoms with Gasteiger partial charge in [-0.3, -0.25) is 0 Å². The molecule has 2 atom stereocenters. The van der Waals surface area contributed by atoms with Crippen LogP contribution in [-0.4, -0.2) is 0 Å². The minimum absolute atomic E-state index is 0.294. The minimum atomic E-state index is -0.416. The lowest BCUT2D eigenvalue weighted by atomic mass is 9.95. The van der Waals surface area contributed by atoms with Crippen molar-refractivity contribution in [3.05, 3.63) is 69.0 Å². The second kappa shape index (κ2) is 5.77. The van der Waals surface area contributed by atoms with Crippen LogP contribution in [0.1, 0.15) is 23.2 Å². The lowest BCUT2D eigenvalue weighted by molar-refractivity contribution is 0.564. The lowest BCUT2D eigenvalue weighted by Gasteiger charge is -2.20. The molecule has 0 fully saturated rings. The van der Waals surface area contributed by atoms with E-state index in [9.17, 15) is 4.39 Å². The predicted octanol–water partition coefficient (Wildman–Crippen LogP) is 3.13. The molecule has 2 nitrogen and oxygen atoms in total. The Kier molecular flexibility index (Phi) is 4.31. The topological polar surface area (TPSA) is 52.0 Å². The number of nitrogens with two attached hydrogens (primary N) is 2. The van der Waals surface area contributed by atoms with Gasteiger partial charge in [0.1, 0.15) is 5.82 Å². The summed E-state index contributed by atoms with van der Waals surface area (Å²) in [6.07, 6.45) is 0. The summed E-state index contributed by atoms with van der Waals surface area (Å²) in [6.45, 7) is 0. The van der Waals surface area contributed by atoms with Crippen molar-refractivity contribution < 1.29 is 4.39 Å². The van der Waals surface area contributed by atoms with E-state index in [-0.39, 0.29) is 11.9 Å². The van der Waals surface area contributed by atoms with Gasteiger partial charge in [-0.05, 0) is 58.0 Å². The summed E-state index contributed by atoms with van der Waals surface area (Å²) in [6, 6.07) is 13.4. The van der Waals surface area contributed by atoms with Crippen LogP contribution in [0, 0.1) is 9.39 Å². The molecular formula is C14H14FIN2. The molecule has 0 aliphatic heterocycles. The Balaban J connectivity index is 2.23. The smallest absolute Gasteiger partial charge is 0.123 e. The number of halogens is 2. The summed E-state index contributed by atoms with van der Waals surface area (Å²) < 4.78 is 14.3. The summed E-state index contributed by atoms with van der Waals surface area (Å²) in [5.74, 6) is -0.294. The van der Waals surface area contributed by atoms with Gasteiger partial charge in [0.25, 0.3) is 0 Å². The Morgan fingerprint density at radius 3 is 2.11 bits per heavy atom. The van der Waals surface area contributed by atoms with Crippen LogP contribution < -0.4 is 11.5 Å². The third kappa shape index (κ3) is 3.07. The molecule has 4 N–H and O–H groups in total. The van der Waals surface area contributed by atoms with Gasteiger partial charge in [-0.2, -0.15) is 0 Å². The molecule has 2 rings (SSSR count). The first-order valence-electron chi connectivity index (χ1n) is 5.60. The molecule has 0 heterocycles. The van der Waals surface area contributed by atoms with Crippen LogP contribution in [-0.2, 0) is 0 Å². The van der Waals surface area contributed by atoms with Crippen LogP contribution in [0.15, 0.2) is 48.5 Å². The lowest BCUT2D eigenvalue weighted by Crippen LogP contribution is -2.26. The Morgan fingerprint density at radius 2 is 1.50 bits per heavy atom. The summed E-state index contributed by atoms with van der Waals surface area (Å²) >= 11 is 2.23. The minimum Gasteiger partial charge on any atom is -0.322 e. The van der Waals surface area contributed by atoms with Crippen molar-refractivity contribution in [1.82, 2.24) is 0 Å². The third-order valence-corrected chi connectivity index (χ3v) is 3.59. The first-order valence-corrected chi connectivity index (χ1v) is 6.68. The third-order valence-electron chi connectivity index (χ3n) is 2.88. The van der Waals surface area contributed by atoms with Crippen LogP contribution in [0.25, 0.3) is 0 Å². The highest BCUT2D eigenvalue weighted by atomic mass is 127. The van der Waals surface area contributed by atoms with Gasteiger partial charge in [-0.15, -0.1) is 0 Å². The van der Waals surface area contributed by atoms with Crippen molar-refractivity contribution >= 4 is 22.6 Å². The van der Waals surface area contributed by atoms with Crippen molar-refractivity contribution in [3.63, 3.8) is 0 Å². The van der Waals surface area contributed by atoms with E-state index in [4.69, 9.17) is 11.5 Å². The zero-order valence-corrected chi connectivity index (χ0v) is 11.8. The molecule has 18 heavy (non-hydrogen) atoms. The quantitative estimate of drug-likeness (QED) is 0.831. The van der Waals surface area contributed by atoms with Gasteiger partial charge in [0.2, 0.25) is 0 Å². The van der Waals surface area contributed by atoms with Gasteiger partial charge < -0.3 is 11.5 Å². The summed E-state index contributed by atoms with van der Waals surface area (Å²) in [4.78, 5) is 0. The van der Waals surface area contributed by atoms with E-state index < -0.39 is 6.04 Å². The van der Waals surface area contributed by atoms with Gasteiger partial charge in [0.05, 0.1) is 0 Å².